The van der Waals surface area contributed by atoms with Crippen LogP contribution in [0, 0.1) is 5.41 Å². The third-order valence-electron chi connectivity index (χ3n) is 2.05. The first kappa shape index (κ1) is 11.2. The van der Waals surface area contributed by atoms with Crippen LogP contribution in [0.3, 0.4) is 0 Å². The number of hydrogen-bond acceptors (Lipinski definition) is 2. The Hall–Kier alpha value is -0.920. The van der Waals surface area contributed by atoms with Gasteiger partial charge >= 0.3 is 0 Å². The van der Waals surface area contributed by atoms with Crippen molar-refractivity contribution in [1.82, 2.24) is 9.97 Å². The molecule has 0 aliphatic rings. The lowest BCUT2D eigenvalue weighted by Gasteiger charge is -2.19. The minimum Gasteiger partial charge on any atom is -0.258 e. The minimum absolute atomic E-state index is 0.277. The van der Waals surface area contributed by atoms with E-state index in [-0.39, 0.29) is 5.41 Å². The SMILES string of the molecule is CC(C)c1nccnc1CC(C)(C)C. The molecule has 0 saturated heterocycles. The molecule has 0 atom stereocenters. The predicted molar refractivity (Wildman–Crippen MR) is 59.3 cm³/mol. The van der Waals surface area contributed by atoms with Crippen molar-refractivity contribution in [1.29, 1.82) is 0 Å². The summed E-state index contributed by atoms with van der Waals surface area (Å²) in [6, 6.07) is 0. The first-order valence-corrected chi connectivity index (χ1v) is 5.20. The van der Waals surface area contributed by atoms with E-state index in [2.05, 4.69) is 44.6 Å². The molecule has 1 heterocycles. The van der Waals surface area contributed by atoms with Gasteiger partial charge in [0.25, 0.3) is 0 Å². The topological polar surface area (TPSA) is 25.8 Å². The Balaban J connectivity index is 2.96. The van der Waals surface area contributed by atoms with Crippen LogP contribution in [0.15, 0.2) is 12.4 Å². The zero-order valence-corrected chi connectivity index (χ0v) is 9.83. The first-order chi connectivity index (χ1) is 6.40. The molecule has 0 aliphatic heterocycles. The second kappa shape index (κ2) is 4.07. The molecule has 1 rings (SSSR count). The summed E-state index contributed by atoms with van der Waals surface area (Å²) in [6.45, 7) is 11.0. The van der Waals surface area contributed by atoms with Crippen LogP contribution in [0.2, 0.25) is 0 Å². The molecule has 78 valence electrons. The van der Waals surface area contributed by atoms with Crippen molar-refractivity contribution >= 4 is 0 Å². The lowest BCUT2D eigenvalue weighted by Crippen LogP contribution is -2.13. The largest absolute Gasteiger partial charge is 0.258 e. The third-order valence-corrected chi connectivity index (χ3v) is 2.05. The summed E-state index contributed by atoms with van der Waals surface area (Å²) >= 11 is 0. The summed E-state index contributed by atoms with van der Waals surface area (Å²) in [5.41, 5.74) is 2.57. The Morgan fingerprint density at radius 3 is 2.21 bits per heavy atom. The summed E-state index contributed by atoms with van der Waals surface area (Å²) in [5, 5.41) is 0. The lowest BCUT2D eigenvalue weighted by atomic mass is 9.88. The predicted octanol–water partition coefficient (Wildman–Crippen LogP) is 3.19. The van der Waals surface area contributed by atoms with Gasteiger partial charge in [-0.2, -0.15) is 0 Å². The zero-order chi connectivity index (χ0) is 10.8. The fraction of sp³-hybridized carbons (Fsp3) is 0.667. The molecule has 0 aliphatic carbocycles. The van der Waals surface area contributed by atoms with Crippen molar-refractivity contribution < 1.29 is 0 Å². The van der Waals surface area contributed by atoms with E-state index >= 15 is 0 Å². The monoisotopic (exact) mass is 192 g/mol. The van der Waals surface area contributed by atoms with Crippen LogP contribution in [0.5, 0.6) is 0 Å². The van der Waals surface area contributed by atoms with Gasteiger partial charge in [-0.1, -0.05) is 34.6 Å². The average molecular weight is 192 g/mol. The van der Waals surface area contributed by atoms with Crippen LogP contribution in [0.4, 0.5) is 0 Å². The average Bonchev–Trinajstić information content (AvgIpc) is 2.01. The van der Waals surface area contributed by atoms with E-state index in [0.717, 1.165) is 17.8 Å². The molecule has 0 aromatic carbocycles. The van der Waals surface area contributed by atoms with Crippen LogP contribution < -0.4 is 0 Å². The van der Waals surface area contributed by atoms with Crippen molar-refractivity contribution in [3.8, 4) is 0 Å². The molecule has 1 aromatic heterocycles. The van der Waals surface area contributed by atoms with Crippen molar-refractivity contribution in [2.75, 3.05) is 0 Å². The molecule has 0 radical (unpaired) electrons. The van der Waals surface area contributed by atoms with Crippen LogP contribution in [0.1, 0.15) is 51.9 Å². The highest BCUT2D eigenvalue weighted by Gasteiger charge is 2.16. The van der Waals surface area contributed by atoms with E-state index in [9.17, 15) is 0 Å². The molecular formula is C12H20N2. The van der Waals surface area contributed by atoms with E-state index in [1.807, 2.05) is 0 Å². The van der Waals surface area contributed by atoms with Crippen molar-refractivity contribution in [2.24, 2.45) is 5.41 Å². The maximum atomic E-state index is 4.42. The normalized spacial score (nSPS) is 12.1. The highest BCUT2D eigenvalue weighted by molar-refractivity contribution is 5.15. The molecule has 14 heavy (non-hydrogen) atoms. The molecule has 2 heteroatoms. The summed E-state index contributed by atoms with van der Waals surface area (Å²) in [4.78, 5) is 8.82. The van der Waals surface area contributed by atoms with Crippen LogP contribution in [-0.2, 0) is 6.42 Å². The van der Waals surface area contributed by atoms with E-state index in [1.54, 1.807) is 12.4 Å². The molecule has 1 aromatic rings. The molecule has 0 unspecified atom stereocenters. The Morgan fingerprint density at radius 2 is 1.71 bits per heavy atom. The van der Waals surface area contributed by atoms with Gasteiger partial charge in [0, 0.05) is 12.4 Å². The highest BCUT2D eigenvalue weighted by atomic mass is 14.8. The Labute approximate surface area is 86.8 Å². The minimum atomic E-state index is 0.277. The summed E-state index contributed by atoms with van der Waals surface area (Å²) in [7, 11) is 0. The van der Waals surface area contributed by atoms with Gasteiger partial charge in [-0.05, 0) is 17.8 Å². The number of hydrogen-bond donors (Lipinski definition) is 0. The van der Waals surface area contributed by atoms with Gasteiger partial charge in [-0.25, -0.2) is 0 Å². The third kappa shape index (κ3) is 3.09. The van der Waals surface area contributed by atoms with E-state index in [1.165, 1.54) is 0 Å². The Bertz CT molecular complexity index is 297. The van der Waals surface area contributed by atoms with Gasteiger partial charge in [-0.15, -0.1) is 0 Å². The van der Waals surface area contributed by atoms with Crippen LogP contribution >= 0.6 is 0 Å². The van der Waals surface area contributed by atoms with Crippen molar-refractivity contribution in [3.05, 3.63) is 23.8 Å². The standard InChI is InChI=1S/C12H20N2/c1-9(2)11-10(8-12(3,4)5)13-6-7-14-11/h6-7,9H,8H2,1-5H3. The van der Waals surface area contributed by atoms with Crippen LogP contribution in [-0.4, -0.2) is 9.97 Å². The lowest BCUT2D eigenvalue weighted by molar-refractivity contribution is 0.402. The van der Waals surface area contributed by atoms with Gasteiger partial charge in [0.1, 0.15) is 0 Å². The second-order valence-corrected chi connectivity index (χ2v) is 5.28. The molecule has 0 saturated carbocycles. The van der Waals surface area contributed by atoms with Crippen molar-refractivity contribution in [3.63, 3.8) is 0 Å². The Kier molecular flexibility index (Phi) is 3.25. The van der Waals surface area contributed by atoms with Gasteiger partial charge in [-0.3, -0.25) is 9.97 Å². The highest BCUT2D eigenvalue weighted by Crippen LogP contribution is 2.23. The summed E-state index contributed by atoms with van der Waals surface area (Å²) < 4.78 is 0. The fourth-order valence-electron chi connectivity index (χ4n) is 1.50. The van der Waals surface area contributed by atoms with E-state index in [4.69, 9.17) is 0 Å². The van der Waals surface area contributed by atoms with E-state index < -0.39 is 0 Å². The number of nitrogens with zero attached hydrogens (tertiary/aromatic N) is 2. The maximum absolute atomic E-state index is 4.42. The van der Waals surface area contributed by atoms with Gasteiger partial charge in [0.2, 0.25) is 0 Å². The molecule has 0 fully saturated rings. The molecular weight excluding hydrogens is 172 g/mol. The maximum Gasteiger partial charge on any atom is 0.0644 e. The summed E-state index contributed by atoms with van der Waals surface area (Å²) in [5.74, 6) is 0.459. The summed E-state index contributed by atoms with van der Waals surface area (Å²) in [6.07, 6.45) is 4.56. The second-order valence-electron chi connectivity index (χ2n) is 5.28. The fourth-order valence-corrected chi connectivity index (χ4v) is 1.50. The molecule has 0 bridgehead atoms. The van der Waals surface area contributed by atoms with Gasteiger partial charge in [0.05, 0.1) is 11.4 Å². The molecule has 0 N–H and O–H groups in total. The number of rotatable bonds is 2. The number of aromatic nitrogens is 2. The van der Waals surface area contributed by atoms with Gasteiger partial charge in [0.15, 0.2) is 0 Å². The molecule has 2 nitrogen and oxygen atoms in total. The smallest absolute Gasteiger partial charge is 0.0644 e. The van der Waals surface area contributed by atoms with Gasteiger partial charge < -0.3 is 0 Å². The Morgan fingerprint density at radius 1 is 1.14 bits per heavy atom. The van der Waals surface area contributed by atoms with Crippen LogP contribution in [0.25, 0.3) is 0 Å². The zero-order valence-electron chi connectivity index (χ0n) is 9.83. The first-order valence-electron chi connectivity index (χ1n) is 5.20. The quantitative estimate of drug-likeness (QED) is 0.719. The molecule has 0 spiro atoms. The van der Waals surface area contributed by atoms with E-state index in [0.29, 0.717) is 5.92 Å². The van der Waals surface area contributed by atoms with Crippen molar-refractivity contribution in [2.45, 2.75) is 47.0 Å². The molecule has 0 amide bonds.